The summed E-state index contributed by atoms with van der Waals surface area (Å²) in [4.78, 5) is 54.8. The van der Waals surface area contributed by atoms with Crippen molar-refractivity contribution in [2.75, 3.05) is 6.54 Å². The number of nitrogens with zero attached hydrogens (tertiary/aromatic N) is 1. The van der Waals surface area contributed by atoms with Crippen LogP contribution in [0.25, 0.3) is 0 Å². The predicted octanol–water partition coefficient (Wildman–Crippen LogP) is 4.87. The van der Waals surface area contributed by atoms with Gasteiger partial charge in [0.25, 0.3) is 5.91 Å². The summed E-state index contributed by atoms with van der Waals surface area (Å²) in [5.74, 6) is -2.76. The Labute approximate surface area is 283 Å². The number of hydrogen-bond acceptors (Lipinski definition) is 6. The number of rotatable bonds is 12. The van der Waals surface area contributed by atoms with Gasteiger partial charge in [-0.05, 0) is 80.0 Å². The number of likely N-dealkylation sites (tertiary alicyclic amines) is 1. The summed E-state index contributed by atoms with van der Waals surface area (Å²) < 4.78 is 57.8. The van der Waals surface area contributed by atoms with Crippen molar-refractivity contribution < 1.29 is 41.6 Å². The zero-order chi connectivity index (χ0) is 34.3. The summed E-state index contributed by atoms with van der Waals surface area (Å²) in [5.41, 5.74) is -0.184. The Morgan fingerprint density at radius 2 is 1.77 bits per heavy atom. The lowest BCUT2D eigenvalue weighted by atomic mass is 9.94. The van der Waals surface area contributed by atoms with Crippen LogP contribution in [0.1, 0.15) is 57.9 Å². The van der Waals surface area contributed by atoms with Gasteiger partial charge >= 0.3 is 6.18 Å². The minimum Gasteiger partial charge on any atom is -0.611 e. The SMILES string of the molecule is CC[C@H](NC(=O)[C@@H]1C[C@@H]([S+]([O-])c2ccc(O[C@@H](C)C(F)(F)F)cc2Cl)CN1C(=O)C1(c2ccc(Cl)cc2)CC1)C(=O)C(=O)NC1CC1. The first-order valence-electron chi connectivity index (χ1n) is 15.3. The highest BCUT2D eigenvalue weighted by atomic mass is 35.5. The lowest BCUT2D eigenvalue weighted by Crippen LogP contribution is -2.54. The first-order chi connectivity index (χ1) is 22.1. The number of carbonyl (C=O) groups is 4. The fraction of sp³-hybridized carbons (Fsp3) is 0.500. The molecule has 47 heavy (non-hydrogen) atoms. The molecule has 1 aliphatic heterocycles. The summed E-state index contributed by atoms with van der Waals surface area (Å²) in [5, 5.41) is 4.87. The number of amides is 3. The third-order valence-corrected chi connectivity index (χ3v) is 11.2. The van der Waals surface area contributed by atoms with Gasteiger partial charge in [0.05, 0.1) is 23.0 Å². The number of carbonyl (C=O) groups excluding carboxylic acids is 4. The zero-order valence-corrected chi connectivity index (χ0v) is 27.9. The largest absolute Gasteiger partial charge is 0.611 e. The van der Waals surface area contributed by atoms with Crippen molar-refractivity contribution >= 4 is 57.9 Å². The molecule has 3 fully saturated rings. The molecule has 1 unspecified atom stereocenters. The van der Waals surface area contributed by atoms with Crippen LogP contribution in [0.2, 0.25) is 10.0 Å². The molecule has 15 heteroatoms. The number of nitrogens with one attached hydrogen (secondary N) is 2. The Kier molecular flexibility index (Phi) is 10.4. The second-order valence-electron chi connectivity index (χ2n) is 12.2. The van der Waals surface area contributed by atoms with E-state index in [1.807, 2.05) is 0 Å². The molecule has 2 N–H and O–H groups in total. The summed E-state index contributed by atoms with van der Waals surface area (Å²) >= 11 is 10.5. The molecule has 5 atom stereocenters. The molecule has 0 radical (unpaired) electrons. The molecule has 2 aliphatic carbocycles. The number of Topliss-reactive ketones (excluding diaryl/α,β-unsaturated/α-hetero) is 1. The molecule has 2 saturated carbocycles. The number of alkyl halides is 3. The van der Waals surface area contributed by atoms with E-state index in [0.29, 0.717) is 17.9 Å². The molecule has 3 amide bonds. The molecule has 0 bridgehead atoms. The third-order valence-electron chi connectivity index (χ3n) is 8.76. The molecule has 1 heterocycles. The maximum Gasteiger partial charge on any atom is 0.425 e. The van der Waals surface area contributed by atoms with Crippen LogP contribution in [0.5, 0.6) is 5.75 Å². The van der Waals surface area contributed by atoms with Gasteiger partial charge in [0, 0.05) is 23.6 Å². The molecular formula is C32H34Cl2F3N3O6S. The average Bonchev–Trinajstić information content (AvgIpc) is 3.96. The van der Waals surface area contributed by atoms with Crippen molar-refractivity contribution in [1.29, 1.82) is 0 Å². The molecule has 2 aromatic carbocycles. The van der Waals surface area contributed by atoms with Gasteiger partial charge in [0.15, 0.2) is 11.0 Å². The summed E-state index contributed by atoms with van der Waals surface area (Å²) in [6.07, 6.45) is -4.03. The number of ether oxygens (including phenoxy) is 1. The van der Waals surface area contributed by atoms with Crippen LogP contribution in [0.3, 0.4) is 0 Å². The smallest absolute Gasteiger partial charge is 0.425 e. The topological polar surface area (TPSA) is 128 Å². The van der Waals surface area contributed by atoms with Crippen molar-refractivity contribution in [1.82, 2.24) is 15.5 Å². The molecule has 0 aromatic heterocycles. The summed E-state index contributed by atoms with van der Waals surface area (Å²) in [6, 6.07) is 8.21. The molecule has 5 rings (SSSR count). The highest BCUT2D eigenvalue weighted by Gasteiger charge is 2.57. The fourth-order valence-corrected chi connectivity index (χ4v) is 7.64. The van der Waals surface area contributed by atoms with E-state index >= 15 is 0 Å². The summed E-state index contributed by atoms with van der Waals surface area (Å²) in [6.45, 7) is 2.40. The van der Waals surface area contributed by atoms with Crippen molar-refractivity contribution in [3.8, 4) is 5.75 Å². The van der Waals surface area contributed by atoms with Crippen LogP contribution < -0.4 is 15.4 Å². The predicted molar refractivity (Wildman–Crippen MR) is 169 cm³/mol. The van der Waals surface area contributed by atoms with Crippen LogP contribution >= 0.6 is 23.2 Å². The zero-order valence-electron chi connectivity index (χ0n) is 25.6. The van der Waals surface area contributed by atoms with E-state index in [1.54, 1.807) is 31.2 Å². The van der Waals surface area contributed by atoms with Crippen LogP contribution in [0.15, 0.2) is 47.4 Å². The molecule has 1 saturated heterocycles. The van der Waals surface area contributed by atoms with Crippen molar-refractivity contribution in [2.24, 2.45) is 0 Å². The van der Waals surface area contributed by atoms with Crippen LogP contribution in [-0.4, -0.2) is 75.2 Å². The minimum absolute atomic E-state index is 0.0542. The fourth-order valence-electron chi connectivity index (χ4n) is 5.65. The lowest BCUT2D eigenvalue weighted by molar-refractivity contribution is -0.189. The van der Waals surface area contributed by atoms with Crippen LogP contribution in [-0.2, 0) is 35.8 Å². The second-order valence-corrected chi connectivity index (χ2v) is 14.7. The Morgan fingerprint density at radius 3 is 2.32 bits per heavy atom. The monoisotopic (exact) mass is 715 g/mol. The third kappa shape index (κ3) is 7.84. The van der Waals surface area contributed by atoms with E-state index in [9.17, 15) is 36.9 Å². The first kappa shape index (κ1) is 35.3. The number of benzene rings is 2. The van der Waals surface area contributed by atoms with Gasteiger partial charge in [-0.15, -0.1) is 0 Å². The van der Waals surface area contributed by atoms with E-state index in [-0.39, 0.29) is 47.0 Å². The number of hydrogen-bond donors (Lipinski definition) is 2. The van der Waals surface area contributed by atoms with E-state index in [4.69, 9.17) is 27.9 Å². The minimum atomic E-state index is -4.60. The average molecular weight is 717 g/mol. The molecular weight excluding hydrogens is 682 g/mol. The summed E-state index contributed by atoms with van der Waals surface area (Å²) in [7, 11) is 0. The molecule has 3 aliphatic rings. The highest BCUT2D eigenvalue weighted by Crippen LogP contribution is 2.51. The molecule has 2 aromatic rings. The van der Waals surface area contributed by atoms with E-state index in [2.05, 4.69) is 10.6 Å². The quantitative estimate of drug-likeness (QED) is 0.238. The highest BCUT2D eigenvalue weighted by molar-refractivity contribution is 7.92. The Balaban J connectivity index is 1.38. The normalized spacial score (nSPS) is 22.2. The number of halogens is 5. The van der Waals surface area contributed by atoms with Gasteiger partial charge in [-0.2, -0.15) is 13.2 Å². The Hall–Kier alpha value is -3.00. The van der Waals surface area contributed by atoms with Crippen molar-refractivity contribution in [3.05, 3.63) is 58.1 Å². The Morgan fingerprint density at radius 1 is 1.11 bits per heavy atom. The molecule has 0 spiro atoms. The van der Waals surface area contributed by atoms with Gasteiger partial charge in [-0.25, -0.2) is 0 Å². The molecule has 9 nitrogen and oxygen atoms in total. The van der Waals surface area contributed by atoms with Gasteiger partial charge in [-0.3, -0.25) is 19.2 Å². The Bertz CT molecular complexity index is 1540. The lowest BCUT2D eigenvalue weighted by Gasteiger charge is -2.29. The second kappa shape index (κ2) is 13.9. The maximum absolute atomic E-state index is 14.2. The number of ketones is 1. The van der Waals surface area contributed by atoms with Gasteiger partial charge in [-0.1, -0.05) is 42.3 Å². The van der Waals surface area contributed by atoms with E-state index in [1.165, 1.54) is 17.0 Å². The first-order valence-corrected chi connectivity index (χ1v) is 17.3. The standard InChI is InChI=1S/C32H34Cl2F3N3O6S/c1-3-24(27(41)29(43)38-20-8-9-20)39-28(42)25-15-22(16-40(25)30(44)31(12-13-31)18-4-6-19(33)7-5-18)47(45)26-11-10-21(14-23(26)34)46-17(2)32(35,36)37/h4-7,10-11,14,17,20,22,24-25H,3,8-9,12-13,15-16H2,1-2H3,(H,38,43)(H,39,42)/t17-,22+,24-,25-,47?/m0/s1. The maximum atomic E-state index is 14.2. The van der Waals surface area contributed by atoms with Gasteiger partial charge in [0.2, 0.25) is 17.6 Å². The van der Waals surface area contributed by atoms with E-state index < -0.39 is 63.8 Å². The van der Waals surface area contributed by atoms with Crippen LogP contribution in [0, 0.1) is 0 Å². The van der Waals surface area contributed by atoms with Gasteiger partial charge in [0.1, 0.15) is 17.0 Å². The van der Waals surface area contributed by atoms with Crippen molar-refractivity contribution in [2.45, 2.75) is 98.3 Å². The molecule has 254 valence electrons. The van der Waals surface area contributed by atoms with E-state index in [0.717, 1.165) is 31.4 Å². The van der Waals surface area contributed by atoms with Gasteiger partial charge < -0.3 is 24.8 Å². The van der Waals surface area contributed by atoms with Crippen LogP contribution in [0.4, 0.5) is 13.2 Å². The van der Waals surface area contributed by atoms with Crippen molar-refractivity contribution in [3.63, 3.8) is 0 Å².